The van der Waals surface area contributed by atoms with E-state index in [1.54, 1.807) is 12.1 Å². The standard InChI is InChI=1S/C10H15NO2/c11-9(5-6-12)7-8-3-1-2-4-10(8)13/h1-4,9,12-13H,5-7,11H2. The van der Waals surface area contributed by atoms with Crippen LogP contribution in [-0.4, -0.2) is 22.9 Å². The number of aromatic hydroxyl groups is 1. The number of phenols is 1. The second-order valence-corrected chi connectivity index (χ2v) is 3.11. The molecule has 0 saturated heterocycles. The molecule has 0 radical (unpaired) electrons. The van der Waals surface area contributed by atoms with E-state index < -0.39 is 0 Å². The van der Waals surface area contributed by atoms with Gasteiger partial charge in [0.15, 0.2) is 0 Å². The van der Waals surface area contributed by atoms with E-state index in [4.69, 9.17) is 10.8 Å². The largest absolute Gasteiger partial charge is 0.508 e. The highest BCUT2D eigenvalue weighted by atomic mass is 16.3. The van der Waals surface area contributed by atoms with Gasteiger partial charge in [-0.05, 0) is 24.5 Å². The summed E-state index contributed by atoms with van der Waals surface area (Å²) in [6.07, 6.45) is 1.17. The van der Waals surface area contributed by atoms with Crippen LogP contribution in [0, 0.1) is 0 Å². The second kappa shape index (κ2) is 4.84. The van der Waals surface area contributed by atoms with Crippen molar-refractivity contribution in [3.63, 3.8) is 0 Å². The first-order valence-electron chi connectivity index (χ1n) is 4.37. The Morgan fingerprint density at radius 1 is 1.31 bits per heavy atom. The van der Waals surface area contributed by atoms with Crippen LogP contribution in [0.1, 0.15) is 12.0 Å². The first-order valence-corrected chi connectivity index (χ1v) is 4.37. The summed E-state index contributed by atoms with van der Waals surface area (Å²) in [5.74, 6) is 0.274. The van der Waals surface area contributed by atoms with E-state index in [9.17, 15) is 5.11 Å². The van der Waals surface area contributed by atoms with Gasteiger partial charge in [-0.1, -0.05) is 18.2 Å². The molecule has 0 aliphatic heterocycles. The van der Waals surface area contributed by atoms with Gasteiger partial charge < -0.3 is 15.9 Å². The van der Waals surface area contributed by atoms with Gasteiger partial charge in [-0.15, -0.1) is 0 Å². The molecular formula is C10H15NO2. The van der Waals surface area contributed by atoms with Crippen molar-refractivity contribution in [2.24, 2.45) is 5.73 Å². The monoisotopic (exact) mass is 181 g/mol. The first-order chi connectivity index (χ1) is 6.24. The summed E-state index contributed by atoms with van der Waals surface area (Å²) in [6.45, 7) is 0.0920. The van der Waals surface area contributed by atoms with Crippen LogP contribution in [0.25, 0.3) is 0 Å². The Morgan fingerprint density at radius 2 is 2.00 bits per heavy atom. The third-order valence-electron chi connectivity index (χ3n) is 1.97. The quantitative estimate of drug-likeness (QED) is 0.638. The lowest BCUT2D eigenvalue weighted by Gasteiger charge is -2.10. The number of aliphatic hydroxyl groups excluding tert-OH is 1. The molecule has 3 heteroatoms. The summed E-state index contributed by atoms with van der Waals surface area (Å²) >= 11 is 0. The fourth-order valence-electron chi connectivity index (χ4n) is 1.23. The van der Waals surface area contributed by atoms with Crippen molar-refractivity contribution < 1.29 is 10.2 Å². The van der Waals surface area contributed by atoms with Crippen molar-refractivity contribution in [1.82, 2.24) is 0 Å². The minimum absolute atomic E-state index is 0.0849. The Bertz CT molecular complexity index is 263. The fourth-order valence-corrected chi connectivity index (χ4v) is 1.23. The van der Waals surface area contributed by atoms with Crippen molar-refractivity contribution >= 4 is 0 Å². The van der Waals surface area contributed by atoms with Gasteiger partial charge in [0.25, 0.3) is 0 Å². The lowest BCUT2D eigenvalue weighted by Crippen LogP contribution is -2.23. The third kappa shape index (κ3) is 3.05. The van der Waals surface area contributed by atoms with Crippen LogP contribution in [0.5, 0.6) is 5.75 Å². The number of aliphatic hydroxyl groups is 1. The van der Waals surface area contributed by atoms with Crippen LogP contribution in [0.15, 0.2) is 24.3 Å². The lowest BCUT2D eigenvalue weighted by atomic mass is 10.0. The number of nitrogens with two attached hydrogens (primary N) is 1. The van der Waals surface area contributed by atoms with Crippen molar-refractivity contribution in [3.8, 4) is 5.75 Å². The highest BCUT2D eigenvalue weighted by molar-refractivity contribution is 5.32. The maximum absolute atomic E-state index is 9.41. The van der Waals surface area contributed by atoms with Gasteiger partial charge in [0.2, 0.25) is 0 Å². The normalized spacial score (nSPS) is 12.8. The van der Waals surface area contributed by atoms with Gasteiger partial charge in [-0.3, -0.25) is 0 Å². The number of hydrogen-bond acceptors (Lipinski definition) is 3. The average molecular weight is 181 g/mol. The molecule has 0 heterocycles. The van der Waals surface area contributed by atoms with Gasteiger partial charge in [0.05, 0.1) is 0 Å². The molecule has 0 aliphatic carbocycles. The summed E-state index contributed by atoms with van der Waals surface area (Å²) in [6, 6.07) is 7.03. The Balaban J connectivity index is 2.58. The molecular weight excluding hydrogens is 166 g/mol. The highest BCUT2D eigenvalue weighted by Gasteiger charge is 2.05. The summed E-state index contributed by atoms with van der Waals surface area (Å²) in [7, 11) is 0. The average Bonchev–Trinajstić information content (AvgIpc) is 2.09. The zero-order chi connectivity index (χ0) is 9.68. The van der Waals surface area contributed by atoms with Crippen LogP contribution >= 0.6 is 0 Å². The Labute approximate surface area is 77.8 Å². The number of hydrogen-bond donors (Lipinski definition) is 3. The molecule has 1 atom stereocenters. The van der Waals surface area contributed by atoms with Crippen molar-refractivity contribution in [3.05, 3.63) is 29.8 Å². The summed E-state index contributed by atoms with van der Waals surface area (Å²) < 4.78 is 0. The maximum atomic E-state index is 9.41. The molecule has 1 aromatic carbocycles. The molecule has 1 unspecified atom stereocenters. The molecule has 1 rings (SSSR count). The minimum atomic E-state index is -0.0849. The predicted molar refractivity (Wildman–Crippen MR) is 51.5 cm³/mol. The zero-order valence-electron chi connectivity index (χ0n) is 7.48. The van der Waals surface area contributed by atoms with E-state index in [-0.39, 0.29) is 18.4 Å². The molecule has 0 fully saturated rings. The Kier molecular flexibility index (Phi) is 3.73. The maximum Gasteiger partial charge on any atom is 0.118 e. The molecule has 0 spiro atoms. The minimum Gasteiger partial charge on any atom is -0.508 e. The molecule has 4 N–H and O–H groups in total. The van der Waals surface area contributed by atoms with E-state index in [1.807, 2.05) is 12.1 Å². The van der Waals surface area contributed by atoms with Gasteiger partial charge in [0.1, 0.15) is 5.75 Å². The SMILES string of the molecule is NC(CCO)Cc1ccccc1O. The molecule has 13 heavy (non-hydrogen) atoms. The van der Waals surface area contributed by atoms with Gasteiger partial charge in [-0.25, -0.2) is 0 Å². The Morgan fingerprint density at radius 3 is 2.62 bits per heavy atom. The smallest absolute Gasteiger partial charge is 0.118 e. The van der Waals surface area contributed by atoms with Crippen LogP contribution in [0.2, 0.25) is 0 Å². The number of para-hydroxylation sites is 1. The highest BCUT2D eigenvalue weighted by Crippen LogP contribution is 2.17. The van der Waals surface area contributed by atoms with E-state index in [2.05, 4.69) is 0 Å². The molecule has 3 nitrogen and oxygen atoms in total. The summed E-state index contributed by atoms with van der Waals surface area (Å²) in [4.78, 5) is 0. The van der Waals surface area contributed by atoms with Crippen LogP contribution < -0.4 is 5.73 Å². The number of benzene rings is 1. The van der Waals surface area contributed by atoms with E-state index in [1.165, 1.54) is 0 Å². The first kappa shape index (κ1) is 10.0. The fraction of sp³-hybridized carbons (Fsp3) is 0.400. The van der Waals surface area contributed by atoms with Crippen molar-refractivity contribution in [1.29, 1.82) is 0 Å². The number of phenolic OH excluding ortho intramolecular Hbond substituents is 1. The van der Waals surface area contributed by atoms with Crippen LogP contribution in [0.3, 0.4) is 0 Å². The van der Waals surface area contributed by atoms with E-state index >= 15 is 0 Å². The van der Waals surface area contributed by atoms with Crippen LogP contribution in [0.4, 0.5) is 0 Å². The summed E-state index contributed by atoms with van der Waals surface area (Å²) in [5.41, 5.74) is 6.55. The molecule has 0 saturated carbocycles. The second-order valence-electron chi connectivity index (χ2n) is 3.11. The van der Waals surface area contributed by atoms with Gasteiger partial charge >= 0.3 is 0 Å². The van der Waals surface area contributed by atoms with Gasteiger partial charge in [-0.2, -0.15) is 0 Å². The van der Waals surface area contributed by atoms with E-state index in [0.717, 1.165) is 5.56 Å². The topological polar surface area (TPSA) is 66.5 Å². The Hall–Kier alpha value is -1.06. The van der Waals surface area contributed by atoms with E-state index in [0.29, 0.717) is 12.8 Å². The third-order valence-corrected chi connectivity index (χ3v) is 1.97. The molecule has 0 bridgehead atoms. The molecule has 72 valence electrons. The van der Waals surface area contributed by atoms with Crippen molar-refractivity contribution in [2.75, 3.05) is 6.61 Å². The van der Waals surface area contributed by atoms with Crippen molar-refractivity contribution in [2.45, 2.75) is 18.9 Å². The van der Waals surface area contributed by atoms with Gasteiger partial charge in [0, 0.05) is 12.6 Å². The lowest BCUT2D eigenvalue weighted by molar-refractivity contribution is 0.275. The molecule has 1 aromatic rings. The molecule has 0 amide bonds. The molecule has 0 aliphatic rings. The number of rotatable bonds is 4. The zero-order valence-corrected chi connectivity index (χ0v) is 7.48. The molecule has 0 aromatic heterocycles. The van der Waals surface area contributed by atoms with Crippen LogP contribution in [-0.2, 0) is 6.42 Å². The summed E-state index contributed by atoms with van der Waals surface area (Å²) in [5, 5.41) is 18.1. The predicted octanol–water partition coefficient (Wildman–Crippen LogP) is 0.644.